The topological polar surface area (TPSA) is 71.5 Å². The molecule has 0 saturated carbocycles. The molecule has 1 fully saturated rings. The van der Waals surface area contributed by atoms with Crippen molar-refractivity contribution in [2.24, 2.45) is 0 Å². The normalized spacial score (nSPS) is 14.3. The Labute approximate surface area is 214 Å². The summed E-state index contributed by atoms with van der Waals surface area (Å²) in [5.41, 5.74) is 0.794. The number of ether oxygens (including phenoxy) is 2. The average molecular weight is 542 g/mol. The van der Waals surface area contributed by atoms with Gasteiger partial charge in [-0.2, -0.15) is 0 Å². The number of pyridine rings is 2. The maximum absolute atomic E-state index is 14.0. The number of aromatic nitrogens is 2. The zero-order valence-electron chi connectivity index (χ0n) is 18.6. The second-order valence-corrected chi connectivity index (χ2v) is 8.58. The molecule has 2 aromatic heterocycles. The number of thiocarbonyl (C=S) groups is 1. The number of hydrogen-bond acceptors (Lipinski definition) is 6. The van der Waals surface area contributed by atoms with Crippen LogP contribution < -0.4 is 25.0 Å². The Bertz CT molecular complexity index is 1210. The minimum atomic E-state index is -5.00. The first-order chi connectivity index (χ1) is 17.2. The highest BCUT2D eigenvalue weighted by Gasteiger charge is 2.32. The molecule has 13 heteroatoms. The molecule has 0 amide bonds. The molecule has 0 atom stereocenters. The van der Waals surface area contributed by atoms with Crippen LogP contribution >= 0.6 is 23.8 Å². The predicted molar refractivity (Wildman–Crippen MR) is 131 cm³/mol. The summed E-state index contributed by atoms with van der Waals surface area (Å²) < 4.78 is 60.3. The SMILES string of the molecule is Fc1cc(Oc2ccnc(N3CCC(NC(=S)Nc4cccnc4)CC3)c2Cl)ccc1OC(F)(F)F. The number of halogens is 5. The smallest absolute Gasteiger partial charge is 0.455 e. The molecular formula is C23H20ClF4N5O2S. The summed E-state index contributed by atoms with van der Waals surface area (Å²) in [4.78, 5) is 10.4. The van der Waals surface area contributed by atoms with E-state index in [9.17, 15) is 17.6 Å². The van der Waals surface area contributed by atoms with Gasteiger partial charge in [-0.1, -0.05) is 11.6 Å². The summed E-state index contributed by atoms with van der Waals surface area (Å²) in [7, 11) is 0. The highest BCUT2D eigenvalue weighted by molar-refractivity contribution is 7.80. The Hall–Kier alpha value is -3.38. The van der Waals surface area contributed by atoms with Gasteiger partial charge in [-0.15, -0.1) is 13.2 Å². The standard InChI is InChI=1S/C23H20ClF4N5O2S/c24-20-19(34-16-3-4-18(17(25)12-16)35-23(26,27)28)5-9-30-21(20)33-10-6-14(7-11-33)31-22(36)32-15-2-1-8-29-13-15/h1-5,8-9,12-14H,6-7,10-11H2,(H2,31,32,36). The molecule has 36 heavy (non-hydrogen) atoms. The molecule has 1 saturated heterocycles. The van der Waals surface area contributed by atoms with Gasteiger partial charge in [-0.25, -0.2) is 9.37 Å². The first kappa shape index (κ1) is 25.7. The van der Waals surface area contributed by atoms with Gasteiger partial charge in [0, 0.05) is 43.7 Å². The summed E-state index contributed by atoms with van der Waals surface area (Å²) in [5, 5.41) is 7.10. The zero-order valence-corrected chi connectivity index (χ0v) is 20.1. The number of benzene rings is 1. The Balaban J connectivity index is 1.35. The lowest BCUT2D eigenvalue weighted by Gasteiger charge is -2.34. The van der Waals surface area contributed by atoms with Crippen LogP contribution in [0.25, 0.3) is 0 Å². The Kier molecular flexibility index (Phi) is 7.94. The van der Waals surface area contributed by atoms with E-state index in [1.165, 1.54) is 12.3 Å². The van der Waals surface area contributed by atoms with Gasteiger partial charge in [-0.3, -0.25) is 4.98 Å². The van der Waals surface area contributed by atoms with E-state index in [4.69, 9.17) is 28.6 Å². The van der Waals surface area contributed by atoms with Crippen LogP contribution in [0.4, 0.5) is 29.1 Å². The third-order valence-corrected chi connectivity index (χ3v) is 5.82. The fraction of sp³-hybridized carbons (Fsp3) is 0.261. The molecule has 1 aromatic carbocycles. The van der Waals surface area contributed by atoms with Crippen LogP contribution in [0.1, 0.15) is 12.8 Å². The van der Waals surface area contributed by atoms with Crippen molar-refractivity contribution in [3.05, 3.63) is 65.8 Å². The lowest BCUT2D eigenvalue weighted by atomic mass is 10.1. The number of rotatable bonds is 6. The minimum absolute atomic E-state index is 0.0430. The molecular weight excluding hydrogens is 522 g/mol. The van der Waals surface area contributed by atoms with E-state index in [2.05, 4.69) is 25.3 Å². The van der Waals surface area contributed by atoms with Crippen LogP contribution in [0.3, 0.4) is 0 Å². The minimum Gasteiger partial charge on any atom is -0.455 e. The van der Waals surface area contributed by atoms with Gasteiger partial charge in [0.2, 0.25) is 0 Å². The van der Waals surface area contributed by atoms with Crippen molar-refractivity contribution in [3.63, 3.8) is 0 Å². The van der Waals surface area contributed by atoms with Crippen LogP contribution in [-0.4, -0.2) is 40.6 Å². The molecule has 0 unspecified atom stereocenters. The number of piperidine rings is 1. The Morgan fingerprint density at radius 2 is 1.89 bits per heavy atom. The number of anilines is 2. The molecule has 3 aromatic rings. The highest BCUT2D eigenvalue weighted by Crippen LogP contribution is 2.37. The summed E-state index contributed by atoms with van der Waals surface area (Å²) in [6.07, 6.45) is 1.38. The zero-order chi connectivity index (χ0) is 25.7. The van der Waals surface area contributed by atoms with E-state index in [0.29, 0.717) is 24.0 Å². The van der Waals surface area contributed by atoms with Gasteiger partial charge in [0.15, 0.2) is 28.2 Å². The molecule has 4 rings (SSSR count). The molecule has 1 aliphatic rings. The molecule has 3 heterocycles. The molecule has 2 N–H and O–H groups in total. The molecule has 0 aliphatic carbocycles. The summed E-state index contributed by atoms with van der Waals surface area (Å²) in [6, 6.07) is 8.09. The number of alkyl halides is 3. The second-order valence-electron chi connectivity index (χ2n) is 7.79. The van der Waals surface area contributed by atoms with Crippen LogP contribution in [-0.2, 0) is 0 Å². The van der Waals surface area contributed by atoms with Crippen LogP contribution in [0.5, 0.6) is 17.2 Å². The fourth-order valence-corrected chi connectivity index (χ4v) is 4.17. The Morgan fingerprint density at radius 3 is 2.56 bits per heavy atom. The van der Waals surface area contributed by atoms with Gasteiger partial charge < -0.3 is 25.0 Å². The van der Waals surface area contributed by atoms with Crippen molar-refractivity contribution < 1.29 is 27.0 Å². The van der Waals surface area contributed by atoms with Crippen molar-refractivity contribution in [3.8, 4) is 17.2 Å². The summed E-state index contributed by atoms with van der Waals surface area (Å²) in [5.74, 6) is -1.55. The van der Waals surface area contributed by atoms with E-state index in [0.717, 1.165) is 36.7 Å². The predicted octanol–water partition coefficient (Wildman–Crippen LogP) is 5.92. The van der Waals surface area contributed by atoms with Crippen LogP contribution in [0, 0.1) is 5.82 Å². The van der Waals surface area contributed by atoms with Gasteiger partial charge in [-0.05, 0) is 49.3 Å². The van der Waals surface area contributed by atoms with E-state index >= 15 is 0 Å². The molecule has 190 valence electrons. The van der Waals surface area contributed by atoms with E-state index in [-0.39, 0.29) is 22.6 Å². The number of hydrogen-bond donors (Lipinski definition) is 2. The fourth-order valence-electron chi connectivity index (χ4n) is 3.62. The monoisotopic (exact) mass is 541 g/mol. The van der Waals surface area contributed by atoms with Gasteiger partial charge in [0.1, 0.15) is 10.8 Å². The van der Waals surface area contributed by atoms with E-state index in [1.807, 2.05) is 17.0 Å². The van der Waals surface area contributed by atoms with Crippen molar-refractivity contribution in [1.29, 1.82) is 0 Å². The van der Waals surface area contributed by atoms with E-state index < -0.39 is 17.9 Å². The largest absolute Gasteiger partial charge is 0.573 e. The van der Waals surface area contributed by atoms with E-state index in [1.54, 1.807) is 12.4 Å². The molecule has 0 spiro atoms. The number of nitrogens with one attached hydrogen (secondary N) is 2. The van der Waals surface area contributed by atoms with Crippen LogP contribution in [0.15, 0.2) is 55.0 Å². The van der Waals surface area contributed by atoms with Crippen LogP contribution in [0.2, 0.25) is 5.02 Å². The number of nitrogens with zero attached hydrogens (tertiary/aromatic N) is 3. The van der Waals surface area contributed by atoms with Crippen molar-refractivity contribution in [2.45, 2.75) is 25.2 Å². The Morgan fingerprint density at radius 1 is 1.11 bits per heavy atom. The maximum atomic E-state index is 14.0. The highest BCUT2D eigenvalue weighted by atomic mass is 35.5. The van der Waals surface area contributed by atoms with Crippen molar-refractivity contribution >= 4 is 40.4 Å². The second kappa shape index (κ2) is 11.1. The first-order valence-corrected chi connectivity index (χ1v) is 11.6. The average Bonchev–Trinajstić information content (AvgIpc) is 2.83. The summed E-state index contributed by atoms with van der Waals surface area (Å²) in [6.45, 7) is 1.28. The molecule has 0 bridgehead atoms. The maximum Gasteiger partial charge on any atom is 0.573 e. The molecule has 0 radical (unpaired) electrons. The lowest BCUT2D eigenvalue weighted by molar-refractivity contribution is -0.275. The van der Waals surface area contributed by atoms with Crippen molar-refractivity contribution in [2.75, 3.05) is 23.3 Å². The first-order valence-electron chi connectivity index (χ1n) is 10.8. The third-order valence-electron chi connectivity index (χ3n) is 5.24. The van der Waals surface area contributed by atoms with Gasteiger partial charge in [0.05, 0.1) is 11.9 Å². The van der Waals surface area contributed by atoms with Gasteiger partial charge in [0.25, 0.3) is 0 Å². The lowest BCUT2D eigenvalue weighted by Crippen LogP contribution is -2.46. The van der Waals surface area contributed by atoms with Crippen molar-refractivity contribution in [1.82, 2.24) is 15.3 Å². The third kappa shape index (κ3) is 6.85. The summed E-state index contributed by atoms with van der Waals surface area (Å²) >= 11 is 11.9. The molecule has 1 aliphatic heterocycles. The van der Waals surface area contributed by atoms with Gasteiger partial charge >= 0.3 is 6.36 Å². The molecule has 7 nitrogen and oxygen atoms in total. The quantitative estimate of drug-likeness (QED) is 0.294.